The molecule has 0 saturated carbocycles. The zero-order valence-corrected chi connectivity index (χ0v) is 57.2. The lowest BCUT2D eigenvalue weighted by atomic mass is 9.81. The van der Waals surface area contributed by atoms with Crippen LogP contribution < -0.4 is 32.1 Å². The van der Waals surface area contributed by atoms with Gasteiger partial charge in [0.25, 0.3) is 17.4 Å². The summed E-state index contributed by atoms with van der Waals surface area (Å²) in [7, 11) is 0. The van der Waals surface area contributed by atoms with Crippen molar-refractivity contribution in [3.63, 3.8) is 0 Å². The SMILES string of the molecule is CC[C@@]1(O)C(=O)OCc2c1cc1n(c2=O)Cc2c-1nc1cc(F)c(C)c3c1c2[C@@H](NC(=O)CCCNC(=O)CCC(=O)[C@H](Cc1ccccc1)NC(=O)CCC(=O)CNC(=O)[C@H](CC(=O)OC(C)(C)C)CC(=O)[C@H](CC(=O)OC(C)(C)C)NC(=O)CCCCCN1C(=O)C=CC1=O)CC3. The lowest BCUT2D eigenvalue weighted by Gasteiger charge is -2.31. The van der Waals surface area contributed by atoms with Crippen LogP contribution in [-0.2, 0) is 108 Å². The van der Waals surface area contributed by atoms with Crippen LogP contribution in [0, 0.1) is 18.7 Å². The molecular weight excluding hydrogens is 1280 g/mol. The Balaban J connectivity index is 0.823. The molecule has 5 atom stereocenters. The topological polar surface area (TPSA) is 368 Å². The minimum absolute atomic E-state index is 0.0192. The molecule has 4 aliphatic rings. The first-order chi connectivity index (χ1) is 46.7. The number of nitrogens with zero attached hydrogens (tertiary/aromatic N) is 3. The lowest BCUT2D eigenvalue weighted by Crippen LogP contribution is -2.45. The van der Waals surface area contributed by atoms with Gasteiger partial charge in [-0.25, -0.2) is 14.2 Å². The van der Waals surface area contributed by atoms with Crippen LogP contribution in [-0.4, -0.2) is 139 Å². The average molecular weight is 1370 g/mol. The summed E-state index contributed by atoms with van der Waals surface area (Å²) in [5, 5.41) is 25.6. The molecule has 1 aliphatic carbocycles. The zero-order valence-electron chi connectivity index (χ0n) is 57.2. The minimum atomic E-state index is -2.06. The Labute approximate surface area is 571 Å². The monoisotopic (exact) mass is 1370 g/mol. The lowest BCUT2D eigenvalue weighted by molar-refractivity contribution is -0.172. The van der Waals surface area contributed by atoms with Gasteiger partial charge in [-0.3, -0.25) is 67.2 Å². The zero-order chi connectivity index (χ0) is 72.3. The van der Waals surface area contributed by atoms with Gasteiger partial charge in [0, 0.05) is 92.8 Å². The maximum absolute atomic E-state index is 15.5. The number of esters is 3. The van der Waals surface area contributed by atoms with E-state index in [1.54, 1.807) is 91.8 Å². The van der Waals surface area contributed by atoms with Crippen molar-refractivity contribution in [1.82, 2.24) is 41.0 Å². The number of cyclic esters (lactones) is 1. The molecule has 2 aromatic carbocycles. The molecule has 27 heteroatoms. The summed E-state index contributed by atoms with van der Waals surface area (Å²) < 4.78 is 33.1. The predicted octanol–water partition coefficient (Wildman–Crippen LogP) is 5.08. The Morgan fingerprint density at radius 2 is 1.37 bits per heavy atom. The van der Waals surface area contributed by atoms with Crippen LogP contribution in [0.2, 0.25) is 0 Å². The molecule has 0 saturated heterocycles. The fourth-order valence-electron chi connectivity index (χ4n) is 12.6. The maximum Gasteiger partial charge on any atom is 0.343 e. The molecule has 0 bridgehead atoms. The van der Waals surface area contributed by atoms with Crippen LogP contribution in [0.3, 0.4) is 0 Å². The summed E-state index contributed by atoms with van der Waals surface area (Å²) in [4.78, 5) is 191. The van der Waals surface area contributed by atoms with E-state index < -0.39 is 162 Å². The molecule has 5 heterocycles. The summed E-state index contributed by atoms with van der Waals surface area (Å²) in [5.41, 5.74) is -0.0434. The van der Waals surface area contributed by atoms with Crippen molar-refractivity contribution in [1.29, 1.82) is 0 Å². The highest BCUT2D eigenvalue weighted by atomic mass is 19.1. The number of aromatic nitrogens is 2. The number of aliphatic hydroxyl groups is 1. The van der Waals surface area contributed by atoms with Gasteiger partial charge >= 0.3 is 17.9 Å². The number of fused-ring (bicyclic) bond motifs is 5. The Morgan fingerprint density at radius 1 is 0.727 bits per heavy atom. The number of carbonyl (C=O) groups excluding carboxylic acids is 13. The fourth-order valence-corrected chi connectivity index (χ4v) is 12.6. The number of ketones is 3. The van der Waals surface area contributed by atoms with Gasteiger partial charge in [-0.15, -0.1) is 0 Å². The summed E-state index contributed by atoms with van der Waals surface area (Å²) in [5.74, 6) is -10.4. The molecule has 0 radical (unpaired) electrons. The molecule has 26 nitrogen and oxygen atoms in total. The van der Waals surface area contributed by atoms with Gasteiger partial charge in [0.2, 0.25) is 29.5 Å². The van der Waals surface area contributed by atoms with E-state index in [0.717, 1.165) is 10.5 Å². The van der Waals surface area contributed by atoms with Gasteiger partial charge in [0.15, 0.2) is 23.0 Å². The highest BCUT2D eigenvalue weighted by Gasteiger charge is 2.46. The van der Waals surface area contributed by atoms with E-state index in [9.17, 15) is 72.2 Å². The van der Waals surface area contributed by atoms with Gasteiger partial charge in [-0.05, 0) is 122 Å². The smallest absolute Gasteiger partial charge is 0.343 e. The fraction of sp³-hybridized carbons (Fsp3) is 0.514. The Bertz CT molecular complexity index is 3960. The molecule has 0 fully saturated rings. The molecule has 2 aromatic heterocycles. The van der Waals surface area contributed by atoms with E-state index in [-0.39, 0.29) is 88.2 Å². The van der Waals surface area contributed by atoms with Crippen molar-refractivity contribution in [2.24, 2.45) is 5.92 Å². The first-order valence-corrected chi connectivity index (χ1v) is 33.6. The third-order valence-corrected chi connectivity index (χ3v) is 17.7. The van der Waals surface area contributed by atoms with E-state index in [1.807, 2.05) is 0 Å². The van der Waals surface area contributed by atoms with E-state index in [4.69, 9.17) is 19.2 Å². The second-order valence-electron chi connectivity index (χ2n) is 27.5. The van der Waals surface area contributed by atoms with E-state index in [0.29, 0.717) is 76.6 Å². The number of hydrogen-bond acceptors (Lipinski definition) is 19. The Morgan fingerprint density at radius 3 is 2.05 bits per heavy atom. The molecule has 0 unspecified atom stereocenters. The number of amides is 7. The maximum atomic E-state index is 15.5. The number of Topliss-reactive ketones (excluding diaryl/α,β-unsaturated/α-hetero) is 3. The van der Waals surface area contributed by atoms with Crippen molar-refractivity contribution in [3.8, 4) is 11.4 Å². The third kappa shape index (κ3) is 19.4. The molecule has 4 aromatic rings. The number of halogens is 1. The molecule has 3 aliphatic heterocycles. The summed E-state index contributed by atoms with van der Waals surface area (Å²) in [6, 6.07) is 8.45. The number of nitrogens with one attached hydrogen (secondary N) is 5. The van der Waals surface area contributed by atoms with Crippen molar-refractivity contribution >= 4 is 87.5 Å². The molecule has 8 rings (SSSR count). The minimum Gasteiger partial charge on any atom is -0.460 e. The Hall–Kier alpha value is -9.66. The van der Waals surface area contributed by atoms with Crippen molar-refractivity contribution < 1.29 is 86.0 Å². The van der Waals surface area contributed by atoms with Crippen LogP contribution in [0.25, 0.3) is 22.3 Å². The van der Waals surface area contributed by atoms with E-state index in [1.165, 1.54) is 22.8 Å². The van der Waals surface area contributed by atoms with Gasteiger partial charge in [0.1, 0.15) is 23.6 Å². The number of rotatable bonds is 33. The summed E-state index contributed by atoms with van der Waals surface area (Å²) >= 11 is 0. The van der Waals surface area contributed by atoms with Crippen molar-refractivity contribution in [2.75, 3.05) is 19.6 Å². The third-order valence-electron chi connectivity index (χ3n) is 17.7. The van der Waals surface area contributed by atoms with Gasteiger partial charge < -0.3 is 50.5 Å². The van der Waals surface area contributed by atoms with E-state index >= 15 is 4.39 Å². The van der Waals surface area contributed by atoms with E-state index in [2.05, 4.69) is 26.6 Å². The molecule has 0 spiro atoms. The number of unbranched alkanes of at least 4 members (excludes halogenated alkanes) is 2. The predicted molar refractivity (Wildman–Crippen MR) is 355 cm³/mol. The Kier molecular flexibility index (Phi) is 24.5. The number of imide groups is 1. The number of carbonyl (C=O) groups is 13. The largest absolute Gasteiger partial charge is 0.460 e. The quantitative estimate of drug-likeness (QED) is 0.0138. The van der Waals surface area contributed by atoms with Crippen molar-refractivity contribution in [2.45, 2.75) is 213 Å². The van der Waals surface area contributed by atoms with Crippen LogP contribution in [0.5, 0.6) is 0 Å². The van der Waals surface area contributed by atoms with Gasteiger partial charge in [-0.2, -0.15) is 0 Å². The highest BCUT2D eigenvalue weighted by Crippen LogP contribution is 2.46. The number of pyridine rings is 2. The van der Waals surface area contributed by atoms with Crippen molar-refractivity contribution in [3.05, 3.63) is 110 Å². The number of hydrogen-bond donors (Lipinski definition) is 6. The summed E-state index contributed by atoms with van der Waals surface area (Å²) in [6.45, 7) is 12.2. The molecular formula is C72H87FN8O18. The molecule has 6 N–H and O–H groups in total. The molecule has 7 amide bonds. The first-order valence-electron chi connectivity index (χ1n) is 33.6. The highest BCUT2D eigenvalue weighted by molar-refractivity contribution is 6.13. The van der Waals surface area contributed by atoms with Crippen LogP contribution in [0.1, 0.15) is 190 Å². The molecule has 530 valence electrons. The second-order valence-corrected chi connectivity index (χ2v) is 27.5. The number of aryl methyl sites for hydroxylation is 1. The summed E-state index contributed by atoms with van der Waals surface area (Å²) in [6.07, 6.45) is 1.00. The average Bonchev–Trinajstić information content (AvgIpc) is 1.61. The first kappa shape index (κ1) is 75.1. The van der Waals surface area contributed by atoms with Crippen LogP contribution >= 0.6 is 0 Å². The van der Waals surface area contributed by atoms with Crippen LogP contribution in [0.15, 0.2) is 59.4 Å². The van der Waals surface area contributed by atoms with Gasteiger partial charge in [0.05, 0.1) is 72.4 Å². The normalized spacial score (nSPS) is 16.9. The standard InChI is InChI=1S/C72H87FN8O18/c1-9-72(96)47-34-53-66-45(38-81(53)68(94)46(47)39-97-69(72)95)65-49(23-22-44-40(2)48(73)35-52(79-66)64(44)65)76-58(87)20-16-29-74-56(85)26-24-54(83)50(31-41-17-12-10-13-18-41)77-59(88)25-21-43(82)37-75-67(93)42(33-62(91)98-70(3,4)5)32-55(84)51(36-63(92)99-71(6,7)8)78-57(86)19-14-11-15-30-80-60(89)27-28-61(80)90/h10,12-13,17-18,27-28,34-35,42,49-51,96H,9,11,14-16,19-26,29-33,36-39H2,1-8H3,(H,74,85)(H,75,93)(H,76,87)(H,77,88)(H,78,86)/t42-,49-,50-,51-,72-/m0/s1. The molecule has 99 heavy (non-hydrogen) atoms. The van der Waals surface area contributed by atoms with Crippen LogP contribution in [0.4, 0.5) is 4.39 Å². The van der Waals surface area contributed by atoms with Gasteiger partial charge in [-0.1, -0.05) is 43.7 Å². The second kappa shape index (κ2) is 32.3. The number of ether oxygens (including phenoxy) is 3. The number of benzene rings is 2.